The lowest BCUT2D eigenvalue weighted by atomic mass is 9.95. The van der Waals surface area contributed by atoms with Gasteiger partial charge in [0.2, 0.25) is 5.91 Å². The van der Waals surface area contributed by atoms with E-state index in [2.05, 4.69) is 35.9 Å². The van der Waals surface area contributed by atoms with Crippen LogP contribution in [0.15, 0.2) is 36.5 Å². The van der Waals surface area contributed by atoms with Crippen molar-refractivity contribution in [3.8, 4) is 0 Å². The van der Waals surface area contributed by atoms with Crippen LogP contribution in [0.25, 0.3) is 0 Å². The fourth-order valence-corrected chi connectivity index (χ4v) is 4.02. The predicted octanol–water partition coefficient (Wildman–Crippen LogP) is 1.74. The summed E-state index contributed by atoms with van der Waals surface area (Å²) in [5.41, 5.74) is 2.02. The molecule has 7 heteroatoms. The van der Waals surface area contributed by atoms with Crippen LogP contribution in [0.3, 0.4) is 0 Å². The molecular formula is C21H28N6O. The molecule has 2 saturated heterocycles. The fourth-order valence-electron chi connectivity index (χ4n) is 4.02. The summed E-state index contributed by atoms with van der Waals surface area (Å²) in [5.74, 6) is 1.38. The largest absolute Gasteiger partial charge is 0.355 e. The van der Waals surface area contributed by atoms with E-state index in [1.807, 2.05) is 37.4 Å². The van der Waals surface area contributed by atoms with Gasteiger partial charge in [0.05, 0.1) is 11.4 Å². The minimum Gasteiger partial charge on any atom is -0.355 e. The summed E-state index contributed by atoms with van der Waals surface area (Å²) in [6.07, 6.45) is 3.62. The van der Waals surface area contributed by atoms with E-state index < -0.39 is 0 Å². The van der Waals surface area contributed by atoms with Crippen LogP contribution in [0.5, 0.6) is 0 Å². The van der Waals surface area contributed by atoms with Crippen molar-refractivity contribution in [2.45, 2.75) is 26.3 Å². The number of carbonyl (C=O) groups is 1. The molecule has 0 N–H and O–H groups in total. The number of nitrogens with zero attached hydrogens (tertiary/aromatic N) is 6. The predicted molar refractivity (Wildman–Crippen MR) is 108 cm³/mol. The smallest absolute Gasteiger partial charge is 0.225 e. The average Bonchev–Trinajstić information content (AvgIpc) is 2.75. The van der Waals surface area contributed by atoms with Gasteiger partial charge < -0.3 is 9.80 Å². The van der Waals surface area contributed by atoms with Gasteiger partial charge in [0, 0.05) is 57.9 Å². The number of aryl methyl sites for hydroxylation is 1. The second-order valence-corrected chi connectivity index (χ2v) is 7.72. The van der Waals surface area contributed by atoms with Crippen molar-refractivity contribution in [1.82, 2.24) is 25.0 Å². The average molecular weight is 380 g/mol. The molecule has 0 radical (unpaired) electrons. The Morgan fingerprint density at radius 3 is 2.43 bits per heavy atom. The highest BCUT2D eigenvalue weighted by atomic mass is 16.2. The number of amides is 1. The molecule has 0 atom stereocenters. The maximum Gasteiger partial charge on any atom is 0.225 e. The quantitative estimate of drug-likeness (QED) is 0.805. The van der Waals surface area contributed by atoms with Crippen LogP contribution in [-0.4, -0.2) is 70.2 Å². The van der Waals surface area contributed by atoms with Gasteiger partial charge in [-0.3, -0.25) is 14.7 Å². The monoisotopic (exact) mass is 380 g/mol. The number of piperidine rings is 1. The SMILES string of the molecule is Cc1ccc(N2CCC(C(=O)N3CCN(Cc4ccccn4)CC3)CC2)nn1. The fraction of sp³-hybridized carbons (Fsp3) is 0.524. The summed E-state index contributed by atoms with van der Waals surface area (Å²) < 4.78 is 0. The first-order valence-electron chi connectivity index (χ1n) is 10.2. The maximum absolute atomic E-state index is 13.0. The molecule has 2 aliphatic rings. The van der Waals surface area contributed by atoms with E-state index in [4.69, 9.17) is 0 Å². The number of piperazine rings is 1. The second-order valence-electron chi connectivity index (χ2n) is 7.72. The summed E-state index contributed by atoms with van der Waals surface area (Å²) >= 11 is 0. The summed E-state index contributed by atoms with van der Waals surface area (Å²) in [6.45, 7) is 8.00. The third-order valence-corrected chi connectivity index (χ3v) is 5.75. The zero-order valence-corrected chi connectivity index (χ0v) is 16.5. The normalized spacial score (nSPS) is 19.0. The lowest BCUT2D eigenvalue weighted by molar-refractivity contribution is -0.138. The van der Waals surface area contributed by atoms with E-state index in [1.54, 1.807) is 0 Å². The lowest BCUT2D eigenvalue weighted by Crippen LogP contribution is -2.51. The Balaban J connectivity index is 1.24. The molecule has 1 amide bonds. The van der Waals surface area contributed by atoms with Gasteiger partial charge in [-0.2, -0.15) is 5.10 Å². The Hall–Kier alpha value is -2.54. The van der Waals surface area contributed by atoms with E-state index in [0.29, 0.717) is 5.91 Å². The molecule has 2 aromatic rings. The second kappa shape index (κ2) is 8.65. The molecule has 0 saturated carbocycles. The van der Waals surface area contributed by atoms with Gasteiger partial charge in [0.25, 0.3) is 0 Å². The third-order valence-electron chi connectivity index (χ3n) is 5.75. The van der Waals surface area contributed by atoms with Crippen molar-refractivity contribution in [1.29, 1.82) is 0 Å². The zero-order chi connectivity index (χ0) is 19.3. The van der Waals surface area contributed by atoms with Gasteiger partial charge >= 0.3 is 0 Å². The molecule has 0 spiro atoms. The molecule has 2 aromatic heterocycles. The van der Waals surface area contributed by atoms with Gasteiger partial charge in [0.1, 0.15) is 0 Å². The maximum atomic E-state index is 13.0. The van der Waals surface area contributed by atoms with Gasteiger partial charge in [-0.25, -0.2) is 0 Å². The summed E-state index contributed by atoms with van der Waals surface area (Å²) in [4.78, 5) is 24.0. The minimum atomic E-state index is 0.136. The topological polar surface area (TPSA) is 65.5 Å². The molecule has 2 aliphatic heterocycles. The molecular weight excluding hydrogens is 352 g/mol. The molecule has 0 aliphatic carbocycles. The highest BCUT2D eigenvalue weighted by Crippen LogP contribution is 2.23. The van der Waals surface area contributed by atoms with Crippen molar-refractivity contribution in [2.24, 2.45) is 5.92 Å². The Morgan fingerprint density at radius 1 is 1.00 bits per heavy atom. The van der Waals surface area contributed by atoms with E-state index in [1.165, 1.54) is 0 Å². The van der Waals surface area contributed by atoms with Crippen molar-refractivity contribution < 1.29 is 4.79 Å². The van der Waals surface area contributed by atoms with E-state index in [9.17, 15) is 4.79 Å². The molecule has 4 rings (SSSR count). The Morgan fingerprint density at radius 2 is 1.79 bits per heavy atom. The zero-order valence-electron chi connectivity index (χ0n) is 16.5. The Bertz CT molecular complexity index is 765. The molecule has 148 valence electrons. The number of hydrogen-bond donors (Lipinski definition) is 0. The molecule has 0 unspecified atom stereocenters. The van der Waals surface area contributed by atoms with Gasteiger partial charge in [0.15, 0.2) is 5.82 Å². The molecule has 2 fully saturated rings. The van der Waals surface area contributed by atoms with Crippen molar-refractivity contribution in [3.05, 3.63) is 47.9 Å². The first kappa shape index (κ1) is 18.8. The van der Waals surface area contributed by atoms with E-state index in [-0.39, 0.29) is 5.92 Å². The number of anilines is 1. The number of aromatic nitrogens is 3. The van der Waals surface area contributed by atoms with Crippen LogP contribution in [0.2, 0.25) is 0 Å². The van der Waals surface area contributed by atoms with E-state index in [0.717, 1.165) is 75.9 Å². The highest BCUT2D eigenvalue weighted by molar-refractivity contribution is 5.79. The van der Waals surface area contributed by atoms with Crippen molar-refractivity contribution in [2.75, 3.05) is 44.2 Å². The van der Waals surface area contributed by atoms with E-state index >= 15 is 0 Å². The first-order chi connectivity index (χ1) is 13.7. The van der Waals surface area contributed by atoms with Gasteiger partial charge in [-0.15, -0.1) is 5.10 Å². The number of pyridine rings is 1. The Kier molecular flexibility index (Phi) is 5.81. The van der Waals surface area contributed by atoms with Crippen LogP contribution in [-0.2, 0) is 11.3 Å². The summed E-state index contributed by atoms with van der Waals surface area (Å²) in [7, 11) is 0. The van der Waals surface area contributed by atoms with Crippen LogP contribution in [0, 0.1) is 12.8 Å². The minimum absolute atomic E-state index is 0.136. The molecule has 7 nitrogen and oxygen atoms in total. The molecule has 4 heterocycles. The third kappa shape index (κ3) is 4.47. The van der Waals surface area contributed by atoms with Crippen LogP contribution in [0.4, 0.5) is 5.82 Å². The number of rotatable bonds is 4. The standard InChI is InChI=1S/C21H28N6O/c1-17-5-6-20(24-23-17)26-10-7-18(8-11-26)21(28)27-14-12-25(13-15-27)16-19-4-2-3-9-22-19/h2-6,9,18H,7-8,10-16H2,1H3. The lowest BCUT2D eigenvalue weighted by Gasteiger charge is -2.38. The van der Waals surface area contributed by atoms with Crippen LogP contribution < -0.4 is 4.90 Å². The first-order valence-corrected chi connectivity index (χ1v) is 10.2. The van der Waals surface area contributed by atoms with Crippen LogP contribution >= 0.6 is 0 Å². The molecule has 28 heavy (non-hydrogen) atoms. The van der Waals surface area contributed by atoms with Crippen molar-refractivity contribution in [3.63, 3.8) is 0 Å². The molecule has 0 aromatic carbocycles. The molecule has 0 bridgehead atoms. The summed E-state index contributed by atoms with van der Waals surface area (Å²) in [6, 6.07) is 10.0. The number of carbonyl (C=O) groups excluding carboxylic acids is 1. The van der Waals surface area contributed by atoms with Crippen molar-refractivity contribution >= 4 is 11.7 Å². The van der Waals surface area contributed by atoms with Gasteiger partial charge in [-0.1, -0.05) is 6.07 Å². The summed E-state index contributed by atoms with van der Waals surface area (Å²) in [5, 5.41) is 8.42. The van der Waals surface area contributed by atoms with Crippen LogP contribution in [0.1, 0.15) is 24.2 Å². The highest BCUT2D eigenvalue weighted by Gasteiger charge is 2.30. The van der Waals surface area contributed by atoms with Gasteiger partial charge in [-0.05, 0) is 44.0 Å². The number of hydrogen-bond acceptors (Lipinski definition) is 6. The Labute approximate surface area is 166 Å².